The van der Waals surface area contributed by atoms with Crippen LogP contribution in [-0.2, 0) is 0 Å². The molecule has 0 spiro atoms. The molecule has 2 heterocycles. The van der Waals surface area contributed by atoms with E-state index in [2.05, 4.69) is 15.3 Å². The zero-order valence-electron chi connectivity index (χ0n) is 11.2. The molecule has 1 N–H and O–H groups in total. The molecule has 0 fully saturated rings. The smallest absolute Gasteiger partial charge is 0.225 e. The van der Waals surface area contributed by atoms with E-state index in [1.807, 2.05) is 26.0 Å². The number of hydrogen-bond donors (Lipinski definition) is 1. The minimum atomic E-state index is 0.199. The summed E-state index contributed by atoms with van der Waals surface area (Å²) in [5.74, 6) is 0.635. The third kappa shape index (κ3) is 2.69. The molecule has 3 nitrogen and oxygen atoms in total. The fraction of sp³-hybridized carbons (Fsp3) is 0.143. The topological polar surface area (TPSA) is 37.8 Å². The van der Waals surface area contributed by atoms with Crippen molar-refractivity contribution in [3.63, 3.8) is 0 Å². The largest absolute Gasteiger partial charge is 0.338 e. The Morgan fingerprint density at radius 1 is 1.10 bits per heavy atom. The van der Waals surface area contributed by atoms with Crippen LogP contribution in [0.5, 0.6) is 0 Å². The maximum Gasteiger partial charge on any atom is 0.225 e. The number of hydrogen-bond acceptors (Lipinski definition) is 4. The van der Waals surface area contributed by atoms with Crippen molar-refractivity contribution in [3.05, 3.63) is 44.0 Å². The van der Waals surface area contributed by atoms with Crippen LogP contribution < -0.4 is 5.32 Å². The number of halogens is 3. The summed E-state index contributed by atoms with van der Waals surface area (Å²) in [7, 11) is 0. The lowest BCUT2D eigenvalue weighted by molar-refractivity contribution is 1.22. The van der Waals surface area contributed by atoms with Gasteiger partial charge >= 0.3 is 0 Å². The van der Waals surface area contributed by atoms with E-state index in [9.17, 15) is 0 Å². The Morgan fingerprint density at radius 3 is 2.62 bits per heavy atom. The molecular weight excluding hydrogens is 349 g/mol. The Balaban J connectivity index is 2.18. The Labute approximate surface area is 140 Å². The first-order valence-electron chi connectivity index (χ1n) is 6.11. The quantitative estimate of drug-likeness (QED) is 0.570. The summed E-state index contributed by atoms with van der Waals surface area (Å²) >= 11 is 19.8. The van der Waals surface area contributed by atoms with Gasteiger partial charge in [-0.15, -0.1) is 11.3 Å². The van der Waals surface area contributed by atoms with E-state index >= 15 is 0 Å². The predicted octanol–water partition coefficient (Wildman–Crippen LogP) is 6.01. The van der Waals surface area contributed by atoms with E-state index in [1.165, 1.54) is 4.88 Å². The lowest BCUT2D eigenvalue weighted by Gasteiger charge is -2.10. The van der Waals surface area contributed by atoms with Crippen LogP contribution in [0, 0.1) is 13.8 Å². The molecule has 0 amide bonds. The number of fused-ring (bicyclic) bond motifs is 1. The van der Waals surface area contributed by atoms with Gasteiger partial charge in [0.1, 0.15) is 10.6 Å². The van der Waals surface area contributed by atoms with E-state index < -0.39 is 0 Å². The van der Waals surface area contributed by atoms with Crippen molar-refractivity contribution < 1.29 is 0 Å². The number of thiophene rings is 1. The lowest BCUT2D eigenvalue weighted by atomic mass is 10.2. The molecule has 0 aliphatic heterocycles. The minimum absolute atomic E-state index is 0.199. The van der Waals surface area contributed by atoms with Crippen LogP contribution >= 0.6 is 46.1 Å². The molecule has 3 rings (SSSR count). The molecule has 0 radical (unpaired) electrons. The lowest BCUT2D eigenvalue weighted by Crippen LogP contribution is -1.97. The van der Waals surface area contributed by atoms with Gasteiger partial charge in [-0.25, -0.2) is 4.98 Å². The molecule has 0 aliphatic rings. The molecule has 0 saturated heterocycles. The third-order valence-corrected chi connectivity index (χ3v) is 5.30. The van der Waals surface area contributed by atoms with Crippen LogP contribution in [0.3, 0.4) is 0 Å². The molecular formula is C14H10Cl3N3S. The van der Waals surface area contributed by atoms with Gasteiger partial charge in [-0.3, -0.25) is 0 Å². The predicted molar refractivity (Wildman–Crippen MR) is 91.6 cm³/mol. The number of rotatable bonds is 2. The van der Waals surface area contributed by atoms with Crippen molar-refractivity contribution >= 4 is 67.9 Å². The second-order valence-electron chi connectivity index (χ2n) is 4.53. The first-order chi connectivity index (χ1) is 9.97. The van der Waals surface area contributed by atoms with E-state index in [0.717, 1.165) is 15.8 Å². The van der Waals surface area contributed by atoms with E-state index in [4.69, 9.17) is 34.8 Å². The molecule has 3 aromatic rings. The number of benzene rings is 1. The Kier molecular flexibility index (Phi) is 3.97. The van der Waals surface area contributed by atoms with Crippen LogP contribution in [0.2, 0.25) is 15.3 Å². The van der Waals surface area contributed by atoms with Crippen LogP contribution in [0.4, 0.5) is 11.5 Å². The van der Waals surface area contributed by atoms with Gasteiger partial charge in [0, 0.05) is 4.88 Å². The maximum atomic E-state index is 6.21. The van der Waals surface area contributed by atoms with Gasteiger partial charge in [0.2, 0.25) is 5.28 Å². The van der Waals surface area contributed by atoms with Crippen molar-refractivity contribution in [1.29, 1.82) is 0 Å². The molecule has 0 unspecified atom stereocenters. The number of nitrogens with one attached hydrogen (secondary N) is 1. The Bertz CT molecular complexity index is 845. The van der Waals surface area contributed by atoms with Crippen molar-refractivity contribution in [2.24, 2.45) is 0 Å². The number of aromatic nitrogens is 2. The summed E-state index contributed by atoms with van der Waals surface area (Å²) in [5, 5.41) is 5.29. The molecule has 0 bridgehead atoms. The van der Waals surface area contributed by atoms with Gasteiger partial charge in [0.25, 0.3) is 0 Å². The van der Waals surface area contributed by atoms with Crippen LogP contribution in [0.15, 0.2) is 18.2 Å². The average molecular weight is 359 g/mol. The van der Waals surface area contributed by atoms with Crippen LogP contribution in [0.25, 0.3) is 10.2 Å². The van der Waals surface area contributed by atoms with Gasteiger partial charge in [0.15, 0.2) is 0 Å². The van der Waals surface area contributed by atoms with E-state index in [0.29, 0.717) is 21.6 Å². The molecule has 7 heteroatoms. The second-order valence-corrected chi connectivity index (χ2v) is 6.86. The normalized spacial score (nSPS) is 11.1. The number of anilines is 2. The zero-order valence-corrected chi connectivity index (χ0v) is 14.3. The highest BCUT2D eigenvalue weighted by molar-refractivity contribution is 7.18. The summed E-state index contributed by atoms with van der Waals surface area (Å²) in [5.41, 5.74) is 1.82. The molecule has 0 aliphatic carbocycles. The standard InChI is InChI=1S/C14H10Cl3N3S/c1-6-7(2)21-13-10(6)12(19-14(17)20-13)18-9-5-3-4-8(15)11(9)16/h3-5H,1-2H3,(H,18,19,20). The van der Waals surface area contributed by atoms with Gasteiger partial charge in [0.05, 0.1) is 21.1 Å². The fourth-order valence-corrected chi connectivity index (χ4v) is 3.64. The Hall–Kier alpha value is -1.07. The van der Waals surface area contributed by atoms with E-state index in [-0.39, 0.29) is 5.28 Å². The fourth-order valence-electron chi connectivity index (χ4n) is 2.04. The van der Waals surface area contributed by atoms with Crippen LogP contribution in [0.1, 0.15) is 10.4 Å². The highest BCUT2D eigenvalue weighted by atomic mass is 35.5. The van der Waals surface area contributed by atoms with Gasteiger partial charge < -0.3 is 5.32 Å². The molecule has 0 saturated carbocycles. The monoisotopic (exact) mass is 357 g/mol. The van der Waals surface area contributed by atoms with Crippen molar-refractivity contribution in [3.8, 4) is 0 Å². The summed E-state index contributed by atoms with van der Waals surface area (Å²) in [6, 6.07) is 5.39. The highest BCUT2D eigenvalue weighted by Gasteiger charge is 2.15. The van der Waals surface area contributed by atoms with Crippen molar-refractivity contribution in [1.82, 2.24) is 9.97 Å². The minimum Gasteiger partial charge on any atom is -0.338 e. The SMILES string of the molecule is Cc1sc2nc(Cl)nc(Nc3cccc(Cl)c3Cl)c2c1C. The molecule has 21 heavy (non-hydrogen) atoms. The van der Waals surface area contributed by atoms with Gasteiger partial charge in [-0.1, -0.05) is 29.3 Å². The second kappa shape index (κ2) is 5.61. The Morgan fingerprint density at radius 2 is 1.86 bits per heavy atom. The molecule has 1 aromatic carbocycles. The van der Waals surface area contributed by atoms with Crippen molar-refractivity contribution in [2.75, 3.05) is 5.32 Å². The first kappa shape index (κ1) is 14.9. The van der Waals surface area contributed by atoms with Crippen LogP contribution in [-0.4, -0.2) is 9.97 Å². The third-order valence-electron chi connectivity index (χ3n) is 3.21. The maximum absolute atomic E-state index is 6.21. The zero-order chi connectivity index (χ0) is 15.1. The summed E-state index contributed by atoms with van der Waals surface area (Å²) in [6.07, 6.45) is 0. The van der Waals surface area contributed by atoms with Crippen molar-refractivity contribution in [2.45, 2.75) is 13.8 Å². The van der Waals surface area contributed by atoms with Gasteiger partial charge in [-0.2, -0.15) is 4.98 Å². The summed E-state index contributed by atoms with van der Waals surface area (Å²) < 4.78 is 0. The average Bonchev–Trinajstić information content (AvgIpc) is 2.70. The molecule has 108 valence electrons. The van der Waals surface area contributed by atoms with Gasteiger partial charge in [-0.05, 0) is 43.1 Å². The molecule has 2 aromatic heterocycles. The summed E-state index contributed by atoms with van der Waals surface area (Å²) in [4.78, 5) is 10.6. The number of nitrogens with zero attached hydrogens (tertiary/aromatic N) is 2. The van der Waals surface area contributed by atoms with E-state index in [1.54, 1.807) is 17.4 Å². The number of aryl methyl sites for hydroxylation is 2. The highest BCUT2D eigenvalue weighted by Crippen LogP contribution is 2.37. The summed E-state index contributed by atoms with van der Waals surface area (Å²) in [6.45, 7) is 4.09. The first-order valence-corrected chi connectivity index (χ1v) is 8.06. The molecule has 0 atom stereocenters.